The fraction of sp³-hybridized carbons (Fsp3) is 0.529. The van der Waals surface area contributed by atoms with Crippen molar-refractivity contribution in [3.05, 3.63) is 47.0 Å². The summed E-state index contributed by atoms with van der Waals surface area (Å²) in [6.45, 7) is 3.90. The van der Waals surface area contributed by atoms with Gasteiger partial charge in [0.05, 0.1) is 19.2 Å². The number of aliphatic hydroxyl groups is 1. The molecule has 1 unspecified atom stereocenters. The molecular weight excluding hydrogens is 276 g/mol. The van der Waals surface area contributed by atoms with Gasteiger partial charge in [-0.05, 0) is 37.3 Å². The minimum Gasteiger partial charge on any atom is -0.394 e. The van der Waals surface area contributed by atoms with Crippen LogP contribution in [0.4, 0.5) is 0 Å². The molecule has 2 aromatic rings. The predicted molar refractivity (Wildman–Crippen MR) is 83.4 cm³/mol. The first kappa shape index (κ1) is 13.9. The molecule has 2 heterocycles. The largest absolute Gasteiger partial charge is 0.394 e. The third-order valence-electron chi connectivity index (χ3n) is 4.89. The molecule has 1 aromatic carbocycles. The van der Waals surface area contributed by atoms with E-state index in [4.69, 9.17) is 0 Å². The lowest BCUT2D eigenvalue weighted by Gasteiger charge is -2.36. The second-order valence-electron chi connectivity index (χ2n) is 6.38. The maximum Gasteiger partial charge on any atom is 0.147 e. The van der Waals surface area contributed by atoms with Gasteiger partial charge < -0.3 is 9.67 Å². The van der Waals surface area contributed by atoms with Gasteiger partial charge in [0.25, 0.3) is 0 Å². The van der Waals surface area contributed by atoms with Crippen LogP contribution in [0, 0.1) is 6.92 Å². The average molecular weight is 298 g/mol. The van der Waals surface area contributed by atoms with Crippen LogP contribution in [0.1, 0.15) is 47.7 Å². The van der Waals surface area contributed by atoms with Crippen molar-refractivity contribution in [2.24, 2.45) is 0 Å². The molecule has 1 atom stereocenters. The monoisotopic (exact) mass is 298 g/mol. The molecule has 0 radical (unpaired) electrons. The zero-order valence-corrected chi connectivity index (χ0v) is 12.9. The van der Waals surface area contributed by atoms with Crippen molar-refractivity contribution in [1.82, 2.24) is 19.7 Å². The van der Waals surface area contributed by atoms with Gasteiger partial charge >= 0.3 is 0 Å². The summed E-state index contributed by atoms with van der Waals surface area (Å²) in [7, 11) is 0. The van der Waals surface area contributed by atoms with Crippen LogP contribution in [0.25, 0.3) is 0 Å². The van der Waals surface area contributed by atoms with Crippen LogP contribution >= 0.6 is 0 Å². The van der Waals surface area contributed by atoms with Gasteiger partial charge in [-0.15, -0.1) is 10.2 Å². The first-order chi connectivity index (χ1) is 10.8. The Bertz CT molecular complexity index is 677. The minimum atomic E-state index is 0.0645. The SMILES string of the molecule is Cc1nnc(CN2CCc3ccccc3C2CO)n1C1CC1. The average Bonchev–Trinajstić information content (AvgIpc) is 3.31. The molecule has 5 heteroatoms. The summed E-state index contributed by atoms with van der Waals surface area (Å²) >= 11 is 0. The Labute approximate surface area is 130 Å². The molecule has 2 aliphatic rings. The molecule has 22 heavy (non-hydrogen) atoms. The highest BCUT2D eigenvalue weighted by Crippen LogP contribution is 2.37. The van der Waals surface area contributed by atoms with E-state index in [0.717, 1.165) is 31.2 Å². The van der Waals surface area contributed by atoms with Crippen molar-refractivity contribution < 1.29 is 5.11 Å². The normalized spacial score (nSPS) is 21.8. The summed E-state index contributed by atoms with van der Waals surface area (Å²) in [6.07, 6.45) is 3.50. The van der Waals surface area contributed by atoms with E-state index in [-0.39, 0.29) is 12.6 Å². The van der Waals surface area contributed by atoms with Crippen LogP contribution in [-0.4, -0.2) is 37.9 Å². The van der Waals surface area contributed by atoms with Crippen LogP contribution in [0.15, 0.2) is 24.3 Å². The third kappa shape index (κ3) is 2.34. The second-order valence-corrected chi connectivity index (χ2v) is 6.38. The standard InChI is InChI=1S/C17H22N4O/c1-12-18-19-17(21(12)14-6-7-14)10-20-9-8-13-4-2-3-5-15(13)16(20)11-22/h2-5,14,16,22H,6-11H2,1H3. The van der Waals surface area contributed by atoms with Gasteiger partial charge in [0.2, 0.25) is 0 Å². The molecule has 1 aliphatic heterocycles. The van der Waals surface area contributed by atoms with E-state index in [2.05, 4.69) is 43.9 Å². The fourth-order valence-electron chi connectivity index (χ4n) is 3.62. The van der Waals surface area contributed by atoms with Crippen LogP contribution < -0.4 is 0 Å². The summed E-state index contributed by atoms with van der Waals surface area (Å²) in [6, 6.07) is 9.10. The Morgan fingerprint density at radius 1 is 1.23 bits per heavy atom. The summed E-state index contributed by atoms with van der Waals surface area (Å²) < 4.78 is 2.29. The smallest absolute Gasteiger partial charge is 0.147 e. The molecule has 0 amide bonds. The van der Waals surface area contributed by atoms with Crippen molar-refractivity contribution in [2.75, 3.05) is 13.2 Å². The van der Waals surface area contributed by atoms with E-state index in [1.165, 1.54) is 24.0 Å². The van der Waals surface area contributed by atoms with E-state index >= 15 is 0 Å². The molecule has 1 fully saturated rings. The molecule has 1 saturated carbocycles. The van der Waals surface area contributed by atoms with Crippen LogP contribution in [0.2, 0.25) is 0 Å². The molecule has 1 aromatic heterocycles. The Morgan fingerprint density at radius 3 is 2.82 bits per heavy atom. The van der Waals surface area contributed by atoms with E-state index < -0.39 is 0 Å². The lowest BCUT2D eigenvalue weighted by Crippen LogP contribution is -2.37. The molecule has 0 bridgehead atoms. The van der Waals surface area contributed by atoms with Gasteiger partial charge in [-0.2, -0.15) is 0 Å². The zero-order chi connectivity index (χ0) is 15.1. The lowest BCUT2D eigenvalue weighted by atomic mass is 9.93. The highest BCUT2D eigenvalue weighted by atomic mass is 16.3. The number of fused-ring (bicyclic) bond motifs is 1. The number of rotatable bonds is 4. The first-order valence-corrected chi connectivity index (χ1v) is 8.11. The molecule has 5 nitrogen and oxygen atoms in total. The maximum absolute atomic E-state index is 9.90. The highest BCUT2D eigenvalue weighted by molar-refractivity contribution is 5.32. The minimum absolute atomic E-state index is 0.0645. The molecular formula is C17H22N4O. The van der Waals surface area contributed by atoms with Gasteiger partial charge in [0.1, 0.15) is 11.6 Å². The van der Waals surface area contributed by atoms with E-state index in [1.54, 1.807) is 0 Å². The number of benzene rings is 1. The van der Waals surface area contributed by atoms with Crippen molar-refractivity contribution in [3.8, 4) is 0 Å². The van der Waals surface area contributed by atoms with Gasteiger partial charge in [-0.3, -0.25) is 4.90 Å². The van der Waals surface area contributed by atoms with Crippen LogP contribution in [-0.2, 0) is 13.0 Å². The van der Waals surface area contributed by atoms with Gasteiger partial charge in [0, 0.05) is 12.6 Å². The molecule has 4 rings (SSSR count). The topological polar surface area (TPSA) is 54.2 Å². The molecule has 0 spiro atoms. The summed E-state index contributed by atoms with van der Waals surface area (Å²) in [4.78, 5) is 2.34. The Morgan fingerprint density at radius 2 is 2.05 bits per heavy atom. The predicted octanol–water partition coefficient (Wildman–Crippen LogP) is 2.01. The third-order valence-corrected chi connectivity index (χ3v) is 4.89. The Hall–Kier alpha value is -1.72. The molecule has 1 aliphatic carbocycles. The Kier molecular flexibility index (Phi) is 3.47. The quantitative estimate of drug-likeness (QED) is 0.938. The zero-order valence-electron chi connectivity index (χ0n) is 12.9. The summed E-state index contributed by atoms with van der Waals surface area (Å²) in [5, 5.41) is 18.5. The van der Waals surface area contributed by atoms with Crippen molar-refractivity contribution in [3.63, 3.8) is 0 Å². The fourth-order valence-corrected chi connectivity index (χ4v) is 3.62. The molecule has 1 N–H and O–H groups in total. The summed E-state index contributed by atoms with van der Waals surface area (Å²) in [5.74, 6) is 2.05. The van der Waals surface area contributed by atoms with E-state index in [1.807, 2.05) is 6.92 Å². The van der Waals surface area contributed by atoms with Gasteiger partial charge in [0.15, 0.2) is 0 Å². The van der Waals surface area contributed by atoms with Crippen molar-refractivity contribution in [2.45, 2.75) is 44.8 Å². The van der Waals surface area contributed by atoms with Crippen LogP contribution in [0.5, 0.6) is 0 Å². The Balaban J connectivity index is 1.61. The second kappa shape index (κ2) is 5.48. The van der Waals surface area contributed by atoms with Gasteiger partial charge in [-0.25, -0.2) is 0 Å². The maximum atomic E-state index is 9.90. The first-order valence-electron chi connectivity index (χ1n) is 8.11. The van der Waals surface area contributed by atoms with Crippen LogP contribution in [0.3, 0.4) is 0 Å². The number of aryl methyl sites for hydroxylation is 1. The summed E-state index contributed by atoms with van der Waals surface area (Å²) in [5.41, 5.74) is 2.61. The van der Waals surface area contributed by atoms with E-state index in [9.17, 15) is 5.11 Å². The highest BCUT2D eigenvalue weighted by Gasteiger charge is 2.31. The number of hydrogen-bond acceptors (Lipinski definition) is 4. The lowest BCUT2D eigenvalue weighted by molar-refractivity contribution is 0.104. The number of aromatic nitrogens is 3. The van der Waals surface area contributed by atoms with Crippen molar-refractivity contribution in [1.29, 1.82) is 0 Å². The number of hydrogen-bond donors (Lipinski definition) is 1. The van der Waals surface area contributed by atoms with Crippen molar-refractivity contribution >= 4 is 0 Å². The van der Waals surface area contributed by atoms with E-state index in [0.29, 0.717) is 6.04 Å². The molecule has 0 saturated heterocycles. The number of nitrogens with zero attached hydrogens (tertiary/aromatic N) is 4. The number of aliphatic hydroxyl groups excluding tert-OH is 1. The molecule has 116 valence electrons. The van der Waals surface area contributed by atoms with Gasteiger partial charge in [-0.1, -0.05) is 24.3 Å².